The summed E-state index contributed by atoms with van der Waals surface area (Å²) in [6.07, 6.45) is 2.48. The number of aliphatic hydroxyl groups is 1. The Bertz CT molecular complexity index is 498. The fourth-order valence-corrected chi connectivity index (χ4v) is 6.91. The smallest absolute Gasteiger partial charge is 0.215 e. The molecule has 1 aliphatic heterocycles. The maximum absolute atomic E-state index is 12.0. The first kappa shape index (κ1) is 14.2. The summed E-state index contributed by atoms with van der Waals surface area (Å²) < 4.78 is 49.2. The molecule has 0 aromatic carbocycles. The van der Waals surface area contributed by atoms with Gasteiger partial charge in [0, 0.05) is 6.04 Å². The average Bonchev–Trinajstić information content (AvgIpc) is 2.63. The molecule has 2 N–H and O–H groups in total. The van der Waals surface area contributed by atoms with Crippen molar-refractivity contribution in [3.63, 3.8) is 0 Å². The number of rotatable bonds is 3. The SMILES string of the molecule is O=S1(=O)CCC(S(=O)(=O)N[C@H]2CCCC[C@@H]2O)C1. The van der Waals surface area contributed by atoms with Crippen LogP contribution < -0.4 is 4.72 Å². The molecule has 0 bridgehead atoms. The number of hydrogen-bond donors (Lipinski definition) is 2. The standard InChI is InChI=1S/C10H19NO5S2/c12-10-4-2-1-3-9(10)11-18(15,16)8-5-6-17(13,14)7-8/h8-12H,1-7H2/t8?,9-,10-/m0/s1. The van der Waals surface area contributed by atoms with E-state index in [1.807, 2.05) is 0 Å². The van der Waals surface area contributed by atoms with E-state index in [0.717, 1.165) is 12.8 Å². The predicted octanol–water partition coefficient (Wildman–Crippen LogP) is -0.604. The van der Waals surface area contributed by atoms with Crippen LogP contribution in [-0.2, 0) is 19.9 Å². The van der Waals surface area contributed by atoms with Crippen molar-refractivity contribution in [1.29, 1.82) is 0 Å². The van der Waals surface area contributed by atoms with Crippen molar-refractivity contribution >= 4 is 19.9 Å². The van der Waals surface area contributed by atoms with Crippen molar-refractivity contribution in [2.24, 2.45) is 0 Å². The van der Waals surface area contributed by atoms with Crippen LogP contribution in [0.5, 0.6) is 0 Å². The zero-order valence-electron chi connectivity index (χ0n) is 10.1. The second-order valence-electron chi connectivity index (χ2n) is 5.15. The van der Waals surface area contributed by atoms with Gasteiger partial charge in [0.15, 0.2) is 9.84 Å². The van der Waals surface area contributed by atoms with Gasteiger partial charge in [0.2, 0.25) is 10.0 Å². The number of sulfonamides is 1. The van der Waals surface area contributed by atoms with Crippen LogP contribution in [0.3, 0.4) is 0 Å². The van der Waals surface area contributed by atoms with E-state index in [9.17, 15) is 21.9 Å². The third-order valence-corrected chi connectivity index (χ3v) is 7.56. The molecule has 2 fully saturated rings. The highest BCUT2D eigenvalue weighted by Crippen LogP contribution is 2.22. The van der Waals surface area contributed by atoms with E-state index in [1.54, 1.807) is 0 Å². The molecule has 1 saturated heterocycles. The average molecular weight is 297 g/mol. The highest BCUT2D eigenvalue weighted by molar-refractivity contribution is 7.95. The summed E-state index contributed by atoms with van der Waals surface area (Å²) >= 11 is 0. The molecular formula is C10H19NO5S2. The molecule has 2 aliphatic rings. The van der Waals surface area contributed by atoms with Crippen molar-refractivity contribution in [2.45, 2.75) is 49.5 Å². The van der Waals surface area contributed by atoms with Crippen molar-refractivity contribution in [3.05, 3.63) is 0 Å². The molecule has 1 heterocycles. The quantitative estimate of drug-likeness (QED) is 0.724. The van der Waals surface area contributed by atoms with E-state index in [1.165, 1.54) is 0 Å². The Morgan fingerprint density at radius 2 is 1.78 bits per heavy atom. The minimum atomic E-state index is -3.65. The van der Waals surface area contributed by atoms with Gasteiger partial charge in [0.25, 0.3) is 0 Å². The summed E-state index contributed by atoms with van der Waals surface area (Å²) in [5.74, 6) is -0.364. The van der Waals surface area contributed by atoms with Gasteiger partial charge < -0.3 is 5.11 Å². The third-order valence-electron chi connectivity index (χ3n) is 3.67. The van der Waals surface area contributed by atoms with Gasteiger partial charge in [-0.05, 0) is 19.3 Å². The minimum Gasteiger partial charge on any atom is -0.391 e. The molecule has 0 aromatic rings. The van der Waals surface area contributed by atoms with E-state index in [0.29, 0.717) is 12.8 Å². The zero-order chi connectivity index (χ0) is 13.4. The maximum Gasteiger partial charge on any atom is 0.215 e. The first-order valence-electron chi connectivity index (χ1n) is 6.20. The Morgan fingerprint density at radius 3 is 2.33 bits per heavy atom. The molecule has 2 rings (SSSR count). The van der Waals surface area contributed by atoms with Crippen LogP contribution in [0.2, 0.25) is 0 Å². The van der Waals surface area contributed by atoms with Crippen LogP contribution in [0.1, 0.15) is 32.1 Å². The number of sulfone groups is 1. The highest BCUT2D eigenvalue weighted by Gasteiger charge is 2.39. The van der Waals surface area contributed by atoms with Gasteiger partial charge in [0.05, 0.1) is 22.9 Å². The molecule has 0 amide bonds. The molecule has 8 heteroatoms. The second-order valence-corrected chi connectivity index (χ2v) is 9.37. The lowest BCUT2D eigenvalue weighted by Gasteiger charge is -2.29. The Labute approximate surface area is 108 Å². The van der Waals surface area contributed by atoms with Crippen molar-refractivity contribution in [2.75, 3.05) is 11.5 Å². The van der Waals surface area contributed by atoms with Gasteiger partial charge in [-0.1, -0.05) is 12.8 Å². The molecule has 18 heavy (non-hydrogen) atoms. The summed E-state index contributed by atoms with van der Waals surface area (Å²) in [7, 11) is -6.87. The summed E-state index contributed by atoms with van der Waals surface area (Å²) in [5, 5.41) is 8.87. The lowest BCUT2D eigenvalue weighted by atomic mass is 9.93. The fourth-order valence-electron chi connectivity index (χ4n) is 2.56. The van der Waals surface area contributed by atoms with Gasteiger partial charge in [-0.2, -0.15) is 0 Å². The van der Waals surface area contributed by atoms with Gasteiger partial charge >= 0.3 is 0 Å². The zero-order valence-corrected chi connectivity index (χ0v) is 11.7. The summed E-state index contributed by atoms with van der Waals surface area (Å²) in [6, 6.07) is -0.466. The number of nitrogens with one attached hydrogen (secondary N) is 1. The maximum atomic E-state index is 12.0. The topological polar surface area (TPSA) is 101 Å². The van der Waals surface area contributed by atoms with E-state index in [2.05, 4.69) is 4.72 Å². The molecule has 3 atom stereocenters. The van der Waals surface area contributed by atoms with E-state index >= 15 is 0 Å². The van der Waals surface area contributed by atoms with Crippen molar-refractivity contribution in [1.82, 2.24) is 4.72 Å². The molecular weight excluding hydrogens is 278 g/mol. The van der Waals surface area contributed by atoms with Gasteiger partial charge in [-0.3, -0.25) is 0 Å². The lowest BCUT2D eigenvalue weighted by molar-refractivity contribution is 0.101. The highest BCUT2D eigenvalue weighted by atomic mass is 32.2. The van der Waals surface area contributed by atoms with Gasteiger partial charge in [-0.25, -0.2) is 21.6 Å². The fraction of sp³-hybridized carbons (Fsp3) is 1.00. The molecule has 1 saturated carbocycles. The second kappa shape index (κ2) is 5.07. The Hall–Kier alpha value is -0.180. The van der Waals surface area contributed by atoms with Crippen molar-refractivity contribution in [3.8, 4) is 0 Å². The first-order chi connectivity index (χ1) is 8.30. The van der Waals surface area contributed by atoms with Crippen LogP contribution in [0, 0.1) is 0 Å². The number of aliphatic hydroxyl groups excluding tert-OH is 1. The van der Waals surface area contributed by atoms with Crippen molar-refractivity contribution < 1.29 is 21.9 Å². The third kappa shape index (κ3) is 3.23. The molecule has 1 unspecified atom stereocenters. The summed E-state index contributed by atoms with van der Waals surface area (Å²) in [6.45, 7) is 0. The van der Waals surface area contributed by atoms with Crippen LogP contribution >= 0.6 is 0 Å². The molecule has 6 nitrogen and oxygen atoms in total. The molecule has 106 valence electrons. The molecule has 0 radical (unpaired) electrons. The summed E-state index contributed by atoms with van der Waals surface area (Å²) in [5.41, 5.74) is 0. The molecule has 0 spiro atoms. The minimum absolute atomic E-state index is 0.0637. The first-order valence-corrected chi connectivity index (χ1v) is 9.56. The molecule has 1 aliphatic carbocycles. The Balaban J connectivity index is 2.03. The van der Waals surface area contributed by atoms with Crippen LogP contribution in [0.25, 0.3) is 0 Å². The van der Waals surface area contributed by atoms with Crippen LogP contribution in [0.4, 0.5) is 0 Å². The van der Waals surface area contributed by atoms with Gasteiger partial charge in [0.1, 0.15) is 0 Å². The monoisotopic (exact) mass is 297 g/mol. The Kier molecular flexibility index (Phi) is 4.01. The predicted molar refractivity (Wildman–Crippen MR) is 67.4 cm³/mol. The normalized spacial score (nSPS) is 36.6. The Morgan fingerprint density at radius 1 is 1.11 bits per heavy atom. The van der Waals surface area contributed by atoms with E-state index in [4.69, 9.17) is 0 Å². The van der Waals surface area contributed by atoms with E-state index < -0.39 is 37.3 Å². The van der Waals surface area contributed by atoms with Crippen LogP contribution in [0.15, 0.2) is 0 Å². The number of hydrogen-bond acceptors (Lipinski definition) is 5. The molecule has 0 aromatic heterocycles. The lowest BCUT2D eigenvalue weighted by Crippen LogP contribution is -2.48. The van der Waals surface area contributed by atoms with Crippen LogP contribution in [-0.4, -0.2) is 50.8 Å². The van der Waals surface area contributed by atoms with Gasteiger partial charge in [-0.15, -0.1) is 0 Å². The summed E-state index contributed by atoms with van der Waals surface area (Å²) in [4.78, 5) is 0. The van der Waals surface area contributed by atoms with E-state index in [-0.39, 0.29) is 17.9 Å². The largest absolute Gasteiger partial charge is 0.391 e.